The average Bonchev–Trinajstić information content (AvgIpc) is 2.84. The fraction of sp³-hybridized carbons (Fsp3) is 0.947. The maximum atomic E-state index is 10.7. The number of hydrogen-bond donors (Lipinski definition) is 3. The summed E-state index contributed by atoms with van der Waals surface area (Å²) in [5.41, 5.74) is -0.838. The number of morpholine rings is 1. The number of aliphatic imine (C=N–C) groups is 1. The lowest BCUT2D eigenvalue weighted by Gasteiger charge is -2.33. The van der Waals surface area contributed by atoms with E-state index >= 15 is 0 Å². The van der Waals surface area contributed by atoms with Gasteiger partial charge in [-0.3, -0.25) is 9.89 Å². The highest BCUT2D eigenvalue weighted by Crippen LogP contribution is 2.09. The van der Waals surface area contributed by atoms with Gasteiger partial charge in [0.25, 0.3) is 0 Å². The number of nitrogens with one attached hydrogen (secondary N) is 2. The zero-order valence-corrected chi connectivity index (χ0v) is 20.3. The molecule has 9 heteroatoms. The summed E-state index contributed by atoms with van der Waals surface area (Å²) in [6.45, 7) is 15.5. The van der Waals surface area contributed by atoms with Crippen LogP contribution in [0.2, 0.25) is 0 Å². The minimum absolute atomic E-state index is 0. The van der Waals surface area contributed by atoms with Crippen molar-refractivity contribution < 1.29 is 9.84 Å². The summed E-state index contributed by atoms with van der Waals surface area (Å²) in [7, 11) is 2.19. The standard InChI is InChI=1S/C19H40N6O2.HI/c1-4-20-18(21-6-9-24-8-5-7-23(3)10-11-24)22-16-19(2,26)17-25-12-14-27-15-13-25;/h26H,4-17H2,1-3H3,(H2,20,21,22);1H. The first-order valence-electron chi connectivity index (χ1n) is 10.4. The Morgan fingerprint density at radius 1 is 1.07 bits per heavy atom. The van der Waals surface area contributed by atoms with Gasteiger partial charge in [-0.2, -0.15) is 0 Å². The summed E-state index contributed by atoms with van der Waals surface area (Å²) in [6.07, 6.45) is 1.23. The number of aliphatic hydroxyl groups is 1. The average molecular weight is 512 g/mol. The van der Waals surface area contributed by atoms with Crippen LogP contribution >= 0.6 is 24.0 Å². The second-order valence-electron chi connectivity index (χ2n) is 8.01. The topological polar surface area (TPSA) is 75.6 Å². The SMILES string of the molecule is CCNC(=NCC(C)(O)CN1CCOCC1)NCCN1CCCN(C)CC1.I. The van der Waals surface area contributed by atoms with E-state index in [1.807, 2.05) is 6.92 Å². The Kier molecular flexibility index (Phi) is 12.8. The van der Waals surface area contributed by atoms with Crippen LogP contribution in [0.5, 0.6) is 0 Å². The molecule has 2 fully saturated rings. The highest BCUT2D eigenvalue weighted by molar-refractivity contribution is 14.0. The van der Waals surface area contributed by atoms with Crippen LogP contribution in [0.25, 0.3) is 0 Å². The van der Waals surface area contributed by atoms with Crippen LogP contribution in [0.3, 0.4) is 0 Å². The summed E-state index contributed by atoms with van der Waals surface area (Å²) < 4.78 is 5.37. The maximum Gasteiger partial charge on any atom is 0.191 e. The number of β-amino-alcohol motifs (C(OH)–C–C–N with tert-alkyl or cyclic N) is 1. The molecule has 2 saturated heterocycles. The Morgan fingerprint density at radius 3 is 2.54 bits per heavy atom. The Hall–Kier alpha value is -0.200. The van der Waals surface area contributed by atoms with Crippen LogP contribution < -0.4 is 10.6 Å². The third kappa shape index (κ3) is 10.5. The number of rotatable bonds is 8. The molecule has 28 heavy (non-hydrogen) atoms. The quantitative estimate of drug-likeness (QED) is 0.238. The zero-order valence-electron chi connectivity index (χ0n) is 18.0. The van der Waals surface area contributed by atoms with Crippen LogP contribution in [-0.2, 0) is 4.74 Å². The van der Waals surface area contributed by atoms with E-state index in [-0.39, 0.29) is 24.0 Å². The van der Waals surface area contributed by atoms with Gasteiger partial charge in [0, 0.05) is 52.4 Å². The number of ether oxygens (including phenoxy) is 1. The van der Waals surface area contributed by atoms with Gasteiger partial charge in [-0.05, 0) is 40.4 Å². The predicted octanol–water partition coefficient (Wildman–Crippen LogP) is -0.120. The van der Waals surface area contributed by atoms with Crippen LogP contribution in [0, 0.1) is 0 Å². The van der Waals surface area contributed by atoms with Gasteiger partial charge in [0.1, 0.15) is 0 Å². The van der Waals surface area contributed by atoms with Gasteiger partial charge in [-0.1, -0.05) is 0 Å². The van der Waals surface area contributed by atoms with Gasteiger partial charge in [0.2, 0.25) is 0 Å². The number of likely N-dealkylation sites (N-methyl/N-ethyl adjacent to an activating group) is 1. The molecule has 0 radical (unpaired) electrons. The molecule has 0 aromatic carbocycles. The van der Waals surface area contributed by atoms with Crippen LogP contribution in [0.4, 0.5) is 0 Å². The predicted molar refractivity (Wildman–Crippen MR) is 126 cm³/mol. The van der Waals surface area contributed by atoms with Crippen molar-refractivity contribution in [1.82, 2.24) is 25.3 Å². The Balaban J connectivity index is 0.00000392. The van der Waals surface area contributed by atoms with Gasteiger partial charge in [0.05, 0.1) is 25.4 Å². The smallest absolute Gasteiger partial charge is 0.191 e. The molecule has 0 saturated carbocycles. The van der Waals surface area contributed by atoms with Gasteiger partial charge >= 0.3 is 0 Å². The summed E-state index contributed by atoms with van der Waals surface area (Å²) in [6, 6.07) is 0. The van der Waals surface area contributed by atoms with Crippen LogP contribution in [0.15, 0.2) is 4.99 Å². The third-order valence-electron chi connectivity index (χ3n) is 5.12. The number of halogens is 1. The van der Waals surface area contributed by atoms with E-state index in [4.69, 9.17) is 4.74 Å². The summed E-state index contributed by atoms with van der Waals surface area (Å²) in [5, 5.41) is 17.4. The first kappa shape index (κ1) is 25.8. The lowest BCUT2D eigenvalue weighted by molar-refractivity contribution is -0.0179. The van der Waals surface area contributed by atoms with Crippen LogP contribution in [-0.4, -0.2) is 124 Å². The van der Waals surface area contributed by atoms with Crippen molar-refractivity contribution in [1.29, 1.82) is 0 Å². The lowest BCUT2D eigenvalue weighted by Crippen LogP contribution is -2.48. The molecule has 2 aliphatic rings. The molecule has 166 valence electrons. The van der Waals surface area contributed by atoms with E-state index in [1.54, 1.807) is 0 Å². The molecule has 3 N–H and O–H groups in total. The lowest BCUT2D eigenvalue weighted by atomic mass is 10.1. The van der Waals surface area contributed by atoms with Gasteiger partial charge in [0.15, 0.2) is 5.96 Å². The van der Waals surface area contributed by atoms with Gasteiger partial charge in [-0.25, -0.2) is 0 Å². The van der Waals surface area contributed by atoms with Gasteiger partial charge < -0.3 is 30.3 Å². The van der Waals surface area contributed by atoms with Gasteiger partial charge in [-0.15, -0.1) is 24.0 Å². The first-order chi connectivity index (χ1) is 13.0. The highest BCUT2D eigenvalue weighted by atomic mass is 127. The number of nitrogens with zero attached hydrogens (tertiary/aromatic N) is 4. The van der Waals surface area contributed by atoms with Crippen molar-refractivity contribution in [3.8, 4) is 0 Å². The van der Waals surface area contributed by atoms with Crippen molar-refractivity contribution in [3.05, 3.63) is 0 Å². The third-order valence-corrected chi connectivity index (χ3v) is 5.12. The van der Waals surface area contributed by atoms with Crippen LogP contribution in [0.1, 0.15) is 20.3 Å². The van der Waals surface area contributed by atoms with E-state index < -0.39 is 5.60 Å². The molecule has 0 bridgehead atoms. The Morgan fingerprint density at radius 2 is 1.82 bits per heavy atom. The molecule has 0 aromatic rings. The minimum atomic E-state index is -0.838. The normalized spacial score (nSPS) is 22.8. The summed E-state index contributed by atoms with van der Waals surface area (Å²) in [5.74, 6) is 0.784. The molecule has 0 amide bonds. The molecule has 0 spiro atoms. The van der Waals surface area contributed by atoms with E-state index in [9.17, 15) is 5.11 Å². The largest absolute Gasteiger partial charge is 0.387 e. The fourth-order valence-electron chi connectivity index (χ4n) is 3.54. The molecule has 0 aliphatic carbocycles. The summed E-state index contributed by atoms with van der Waals surface area (Å²) in [4.78, 5) is 11.8. The van der Waals surface area contributed by atoms with Crippen molar-refractivity contribution >= 4 is 29.9 Å². The highest BCUT2D eigenvalue weighted by Gasteiger charge is 2.25. The van der Waals surface area contributed by atoms with E-state index in [0.717, 1.165) is 71.5 Å². The van der Waals surface area contributed by atoms with E-state index in [2.05, 4.69) is 44.3 Å². The second kappa shape index (κ2) is 13.9. The van der Waals surface area contributed by atoms with Crippen molar-refractivity contribution in [2.24, 2.45) is 4.99 Å². The molecule has 0 aromatic heterocycles. The number of guanidine groups is 1. The Bertz CT molecular complexity index is 446. The molecule has 1 atom stereocenters. The van der Waals surface area contributed by atoms with E-state index in [0.29, 0.717) is 13.1 Å². The fourth-order valence-corrected chi connectivity index (χ4v) is 3.54. The molecular weight excluding hydrogens is 471 g/mol. The number of hydrogen-bond acceptors (Lipinski definition) is 6. The molecule has 2 aliphatic heterocycles. The maximum absolute atomic E-state index is 10.7. The van der Waals surface area contributed by atoms with E-state index in [1.165, 1.54) is 13.0 Å². The molecule has 2 heterocycles. The van der Waals surface area contributed by atoms with Crippen molar-refractivity contribution in [2.45, 2.75) is 25.9 Å². The molecule has 1 unspecified atom stereocenters. The Labute approximate surface area is 188 Å². The molecule has 8 nitrogen and oxygen atoms in total. The van der Waals surface area contributed by atoms with Crippen molar-refractivity contribution in [3.63, 3.8) is 0 Å². The monoisotopic (exact) mass is 512 g/mol. The molecular formula is C19H41IN6O2. The summed E-state index contributed by atoms with van der Waals surface area (Å²) >= 11 is 0. The first-order valence-corrected chi connectivity index (χ1v) is 10.4. The minimum Gasteiger partial charge on any atom is -0.387 e. The van der Waals surface area contributed by atoms with Crippen molar-refractivity contribution in [2.75, 3.05) is 92.3 Å². The second-order valence-corrected chi connectivity index (χ2v) is 8.01. The zero-order chi connectivity index (χ0) is 19.5. The molecule has 2 rings (SSSR count).